The molecule has 0 unspecified atom stereocenters. The Morgan fingerprint density at radius 3 is 2.12 bits per heavy atom. The Morgan fingerprint density at radius 1 is 0.824 bits per heavy atom. The van der Waals surface area contributed by atoms with E-state index >= 15 is 0 Å². The van der Waals surface area contributed by atoms with E-state index in [0.717, 1.165) is 13.1 Å². The minimum Gasteiger partial charge on any atom is -0.379 e. The van der Waals surface area contributed by atoms with Crippen LogP contribution in [0.5, 0.6) is 0 Å². The van der Waals surface area contributed by atoms with Crippen LogP contribution < -0.4 is 5.32 Å². The highest BCUT2D eigenvalue weighted by Crippen LogP contribution is 2.20. The SMILES string of the molecule is O=C(CN1CCN(C(=O)CN2CCOCC2)CC1)Nc1cccc(S(=O)(=O)N2CCOCC2)c1. The molecule has 3 saturated heterocycles. The lowest BCUT2D eigenvalue weighted by molar-refractivity contribution is -0.135. The summed E-state index contributed by atoms with van der Waals surface area (Å²) in [6.07, 6.45) is 0. The number of amides is 2. The van der Waals surface area contributed by atoms with Gasteiger partial charge in [-0.1, -0.05) is 6.07 Å². The summed E-state index contributed by atoms with van der Waals surface area (Å²) in [6, 6.07) is 6.33. The van der Waals surface area contributed by atoms with E-state index in [1.165, 1.54) is 16.4 Å². The zero-order chi connectivity index (χ0) is 24.0. The molecular weight excluding hydrogens is 462 g/mol. The molecule has 0 bridgehead atoms. The Kier molecular flexibility index (Phi) is 8.51. The lowest BCUT2D eigenvalue weighted by Crippen LogP contribution is -2.53. The van der Waals surface area contributed by atoms with Crippen LogP contribution in [0.4, 0.5) is 5.69 Å². The van der Waals surface area contributed by atoms with Crippen molar-refractivity contribution in [1.29, 1.82) is 0 Å². The van der Waals surface area contributed by atoms with Crippen molar-refractivity contribution in [2.45, 2.75) is 4.90 Å². The summed E-state index contributed by atoms with van der Waals surface area (Å²) in [6.45, 7) is 7.29. The molecule has 1 aromatic carbocycles. The smallest absolute Gasteiger partial charge is 0.243 e. The van der Waals surface area contributed by atoms with Gasteiger partial charge in [0, 0.05) is 58.0 Å². The lowest BCUT2D eigenvalue weighted by atomic mass is 10.2. The molecule has 0 atom stereocenters. The Morgan fingerprint density at radius 2 is 1.44 bits per heavy atom. The van der Waals surface area contributed by atoms with E-state index < -0.39 is 10.0 Å². The molecule has 3 aliphatic heterocycles. The Hall–Kier alpha value is -2.09. The molecule has 188 valence electrons. The molecule has 0 aromatic heterocycles. The average Bonchev–Trinajstić information content (AvgIpc) is 2.86. The second-order valence-corrected chi connectivity index (χ2v) is 10.6. The number of rotatable bonds is 7. The summed E-state index contributed by atoms with van der Waals surface area (Å²) >= 11 is 0. The number of nitrogens with one attached hydrogen (secondary N) is 1. The second kappa shape index (κ2) is 11.6. The number of piperazine rings is 1. The number of morpholine rings is 2. The molecule has 1 aromatic rings. The number of sulfonamides is 1. The first-order valence-electron chi connectivity index (χ1n) is 11.7. The highest BCUT2D eigenvalue weighted by Gasteiger charge is 2.27. The summed E-state index contributed by atoms with van der Waals surface area (Å²) in [7, 11) is -3.63. The quantitative estimate of drug-likeness (QED) is 0.519. The zero-order valence-corrected chi connectivity index (χ0v) is 20.2. The molecule has 12 heteroatoms. The monoisotopic (exact) mass is 495 g/mol. The van der Waals surface area contributed by atoms with Crippen molar-refractivity contribution >= 4 is 27.5 Å². The average molecular weight is 496 g/mol. The first-order valence-corrected chi connectivity index (χ1v) is 13.1. The van der Waals surface area contributed by atoms with Gasteiger partial charge in [0.2, 0.25) is 21.8 Å². The molecule has 2 amide bonds. The highest BCUT2D eigenvalue weighted by atomic mass is 32.2. The molecule has 11 nitrogen and oxygen atoms in total. The minimum absolute atomic E-state index is 0.115. The number of benzene rings is 1. The normalized spacial score (nSPS) is 21.4. The molecule has 3 fully saturated rings. The van der Waals surface area contributed by atoms with Crippen molar-refractivity contribution in [3.8, 4) is 0 Å². The van der Waals surface area contributed by atoms with Crippen LogP contribution in [0.3, 0.4) is 0 Å². The number of hydrogen-bond donors (Lipinski definition) is 1. The Balaban J connectivity index is 1.24. The van der Waals surface area contributed by atoms with Crippen molar-refractivity contribution in [2.75, 3.05) is 97.2 Å². The first kappa shape index (κ1) is 25.0. The summed E-state index contributed by atoms with van der Waals surface area (Å²) in [5.74, 6) is -0.0988. The number of carbonyl (C=O) groups excluding carboxylic acids is 2. The molecule has 0 aliphatic carbocycles. The third-order valence-electron chi connectivity index (χ3n) is 6.28. The van der Waals surface area contributed by atoms with Crippen LogP contribution in [0.1, 0.15) is 0 Å². The van der Waals surface area contributed by atoms with Gasteiger partial charge in [-0.15, -0.1) is 0 Å². The molecule has 34 heavy (non-hydrogen) atoms. The minimum atomic E-state index is -3.63. The molecular formula is C22H33N5O6S. The first-order chi connectivity index (χ1) is 16.4. The van der Waals surface area contributed by atoms with Crippen LogP contribution in [0, 0.1) is 0 Å². The van der Waals surface area contributed by atoms with Crippen LogP contribution >= 0.6 is 0 Å². The van der Waals surface area contributed by atoms with E-state index in [9.17, 15) is 18.0 Å². The third kappa shape index (κ3) is 6.52. The largest absolute Gasteiger partial charge is 0.379 e. The number of carbonyl (C=O) groups is 2. The van der Waals surface area contributed by atoms with Gasteiger partial charge in [-0.25, -0.2) is 8.42 Å². The maximum Gasteiger partial charge on any atom is 0.243 e. The lowest BCUT2D eigenvalue weighted by Gasteiger charge is -2.36. The van der Waals surface area contributed by atoms with Gasteiger partial charge >= 0.3 is 0 Å². The summed E-state index contributed by atoms with van der Waals surface area (Å²) in [5, 5.41) is 2.81. The van der Waals surface area contributed by atoms with Crippen LogP contribution in [-0.2, 0) is 29.1 Å². The van der Waals surface area contributed by atoms with E-state index in [1.54, 1.807) is 12.1 Å². The van der Waals surface area contributed by atoms with Gasteiger partial charge in [-0.05, 0) is 18.2 Å². The molecule has 4 rings (SSSR count). The Bertz CT molecular complexity index is 954. The predicted molar refractivity (Wildman–Crippen MR) is 125 cm³/mol. The third-order valence-corrected chi connectivity index (χ3v) is 8.18. The standard InChI is InChI=1S/C22H33N5O6S/c28-21(17-24-4-6-26(7-5-24)22(29)18-25-8-12-32-13-9-25)23-19-2-1-3-20(16-19)34(30,31)27-10-14-33-15-11-27/h1-3,16H,4-15,17-18H2,(H,23,28). The molecule has 3 aliphatic rings. The molecule has 0 radical (unpaired) electrons. The van der Waals surface area contributed by atoms with E-state index in [1.807, 2.05) is 9.80 Å². The highest BCUT2D eigenvalue weighted by molar-refractivity contribution is 7.89. The van der Waals surface area contributed by atoms with Gasteiger partial charge in [0.25, 0.3) is 0 Å². The summed E-state index contributed by atoms with van der Waals surface area (Å²) in [4.78, 5) is 31.3. The van der Waals surface area contributed by atoms with Crippen molar-refractivity contribution in [3.05, 3.63) is 24.3 Å². The van der Waals surface area contributed by atoms with Gasteiger partial charge in [-0.2, -0.15) is 4.31 Å². The molecule has 0 saturated carbocycles. The zero-order valence-electron chi connectivity index (χ0n) is 19.4. The molecule has 0 spiro atoms. The topological polar surface area (TPSA) is 112 Å². The van der Waals surface area contributed by atoms with Gasteiger partial charge < -0.3 is 19.7 Å². The van der Waals surface area contributed by atoms with Crippen molar-refractivity contribution in [2.24, 2.45) is 0 Å². The van der Waals surface area contributed by atoms with Crippen LogP contribution in [0.2, 0.25) is 0 Å². The maximum atomic E-state index is 12.9. The van der Waals surface area contributed by atoms with Crippen LogP contribution in [-0.4, -0.2) is 131 Å². The van der Waals surface area contributed by atoms with Gasteiger partial charge in [0.15, 0.2) is 0 Å². The molecule has 1 N–H and O–H groups in total. The summed E-state index contributed by atoms with van der Waals surface area (Å²) in [5.41, 5.74) is 0.443. The fraction of sp³-hybridized carbons (Fsp3) is 0.636. The fourth-order valence-corrected chi connectivity index (χ4v) is 5.73. The van der Waals surface area contributed by atoms with Crippen molar-refractivity contribution in [3.63, 3.8) is 0 Å². The van der Waals surface area contributed by atoms with E-state index in [2.05, 4.69) is 10.2 Å². The van der Waals surface area contributed by atoms with Crippen LogP contribution in [0.25, 0.3) is 0 Å². The van der Waals surface area contributed by atoms with Crippen molar-refractivity contribution in [1.82, 2.24) is 19.0 Å². The van der Waals surface area contributed by atoms with Crippen LogP contribution in [0.15, 0.2) is 29.2 Å². The van der Waals surface area contributed by atoms with Crippen molar-refractivity contribution < 1.29 is 27.5 Å². The Labute approximate surface area is 200 Å². The fourth-order valence-electron chi connectivity index (χ4n) is 4.28. The second-order valence-electron chi connectivity index (χ2n) is 8.64. The number of hydrogen-bond acceptors (Lipinski definition) is 8. The number of ether oxygens (including phenoxy) is 2. The predicted octanol–water partition coefficient (Wildman–Crippen LogP) is -0.878. The van der Waals surface area contributed by atoms with Gasteiger partial charge in [-0.3, -0.25) is 19.4 Å². The number of nitrogens with zero attached hydrogens (tertiary/aromatic N) is 4. The van der Waals surface area contributed by atoms with Gasteiger partial charge in [0.05, 0.1) is 44.4 Å². The maximum absolute atomic E-state index is 12.9. The molecule has 3 heterocycles. The number of anilines is 1. The van der Waals surface area contributed by atoms with E-state index in [-0.39, 0.29) is 23.3 Å². The summed E-state index contributed by atoms with van der Waals surface area (Å²) < 4.78 is 37.7. The van der Waals surface area contributed by atoms with E-state index in [4.69, 9.17) is 9.47 Å². The van der Waals surface area contributed by atoms with Gasteiger partial charge in [0.1, 0.15) is 0 Å². The van der Waals surface area contributed by atoms with E-state index in [0.29, 0.717) is 77.9 Å².